The Balaban J connectivity index is 2.68. The Morgan fingerprint density at radius 1 is 1.56 bits per heavy atom. The molecule has 0 spiro atoms. The third-order valence-corrected chi connectivity index (χ3v) is 3.76. The summed E-state index contributed by atoms with van der Waals surface area (Å²) in [6.45, 7) is 5.37. The lowest BCUT2D eigenvalue weighted by molar-refractivity contribution is -0.149. The van der Waals surface area contributed by atoms with Crippen LogP contribution >= 0.6 is 0 Å². The van der Waals surface area contributed by atoms with E-state index in [2.05, 4.69) is 12.2 Å². The maximum absolute atomic E-state index is 11.5. The highest BCUT2D eigenvalue weighted by atomic mass is 16.5. The Labute approximate surface area is 97.4 Å². The molecule has 1 rings (SSSR count). The standard InChI is InChI=1S/C12H23NO3/c1-9-4-5-12(11(14)15,10(2)8-9)13-6-7-16-3/h9-10,13H,4-8H2,1-3H3,(H,14,15). The maximum Gasteiger partial charge on any atom is 0.324 e. The van der Waals surface area contributed by atoms with E-state index in [1.807, 2.05) is 6.92 Å². The van der Waals surface area contributed by atoms with Gasteiger partial charge in [0.25, 0.3) is 0 Å². The Kier molecular flexibility index (Phi) is 4.74. The van der Waals surface area contributed by atoms with Crippen LogP contribution in [0, 0.1) is 11.8 Å². The van der Waals surface area contributed by atoms with Crippen molar-refractivity contribution in [2.75, 3.05) is 20.3 Å². The molecule has 2 N–H and O–H groups in total. The number of methoxy groups -OCH3 is 1. The molecule has 0 bridgehead atoms. The van der Waals surface area contributed by atoms with E-state index in [4.69, 9.17) is 4.74 Å². The van der Waals surface area contributed by atoms with Crippen molar-refractivity contribution >= 4 is 5.97 Å². The van der Waals surface area contributed by atoms with Crippen molar-refractivity contribution in [1.82, 2.24) is 5.32 Å². The fourth-order valence-electron chi connectivity index (χ4n) is 2.68. The smallest absolute Gasteiger partial charge is 0.324 e. The van der Waals surface area contributed by atoms with Gasteiger partial charge < -0.3 is 9.84 Å². The van der Waals surface area contributed by atoms with E-state index in [1.54, 1.807) is 7.11 Å². The molecule has 16 heavy (non-hydrogen) atoms. The van der Waals surface area contributed by atoms with Crippen LogP contribution in [0.2, 0.25) is 0 Å². The van der Waals surface area contributed by atoms with Crippen LogP contribution in [0.1, 0.15) is 33.1 Å². The lowest BCUT2D eigenvalue weighted by Crippen LogP contribution is -2.59. The van der Waals surface area contributed by atoms with Crippen molar-refractivity contribution in [2.45, 2.75) is 38.6 Å². The molecular weight excluding hydrogens is 206 g/mol. The maximum atomic E-state index is 11.5. The Morgan fingerprint density at radius 3 is 2.75 bits per heavy atom. The molecule has 1 saturated carbocycles. The van der Waals surface area contributed by atoms with Crippen LogP contribution in [0.4, 0.5) is 0 Å². The van der Waals surface area contributed by atoms with Gasteiger partial charge in [-0.15, -0.1) is 0 Å². The minimum absolute atomic E-state index is 0.172. The van der Waals surface area contributed by atoms with E-state index < -0.39 is 11.5 Å². The quantitative estimate of drug-likeness (QED) is 0.701. The van der Waals surface area contributed by atoms with Gasteiger partial charge in [-0.1, -0.05) is 13.8 Å². The summed E-state index contributed by atoms with van der Waals surface area (Å²) in [5, 5.41) is 12.6. The van der Waals surface area contributed by atoms with Gasteiger partial charge in [-0.05, 0) is 31.1 Å². The van der Waals surface area contributed by atoms with Crippen molar-refractivity contribution in [2.24, 2.45) is 11.8 Å². The van der Waals surface area contributed by atoms with E-state index in [9.17, 15) is 9.90 Å². The number of rotatable bonds is 5. The van der Waals surface area contributed by atoms with Crippen molar-refractivity contribution in [1.29, 1.82) is 0 Å². The number of ether oxygens (including phenoxy) is 1. The minimum Gasteiger partial charge on any atom is -0.480 e. The number of carboxylic acids is 1. The second-order valence-corrected chi connectivity index (χ2v) is 4.98. The topological polar surface area (TPSA) is 58.6 Å². The Morgan fingerprint density at radius 2 is 2.25 bits per heavy atom. The van der Waals surface area contributed by atoms with Crippen LogP contribution in [-0.2, 0) is 9.53 Å². The third kappa shape index (κ3) is 2.74. The molecule has 0 aliphatic heterocycles. The zero-order valence-corrected chi connectivity index (χ0v) is 10.5. The summed E-state index contributed by atoms with van der Waals surface area (Å²) in [5.41, 5.74) is -0.745. The average molecular weight is 229 g/mol. The summed E-state index contributed by atoms with van der Waals surface area (Å²) in [4.78, 5) is 11.5. The lowest BCUT2D eigenvalue weighted by Gasteiger charge is -2.42. The van der Waals surface area contributed by atoms with Crippen LogP contribution in [0.15, 0.2) is 0 Å². The average Bonchev–Trinajstić information content (AvgIpc) is 2.21. The van der Waals surface area contributed by atoms with Crippen molar-refractivity contribution < 1.29 is 14.6 Å². The molecule has 1 fully saturated rings. The van der Waals surface area contributed by atoms with Gasteiger partial charge in [0.05, 0.1) is 6.61 Å². The van der Waals surface area contributed by atoms with E-state index in [-0.39, 0.29) is 5.92 Å². The van der Waals surface area contributed by atoms with Gasteiger partial charge in [-0.2, -0.15) is 0 Å². The molecule has 94 valence electrons. The number of hydrogen-bond acceptors (Lipinski definition) is 3. The molecule has 1 aliphatic rings. The summed E-state index contributed by atoms with van der Waals surface area (Å²) in [6.07, 6.45) is 2.68. The number of carbonyl (C=O) groups is 1. The second kappa shape index (κ2) is 5.64. The van der Waals surface area contributed by atoms with Gasteiger partial charge >= 0.3 is 5.97 Å². The predicted molar refractivity (Wildman–Crippen MR) is 62.4 cm³/mol. The fraction of sp³-hybridized carbons (Fsp3) is 0.917. The highest BCUT2D eigenvalue weighted by Gasteiger charge is 2.46. The van der Waals surface area contributed by atoms with Gasteiger partial charge in [0.15, 0.2) is 0 Å². The monoisotopic (exact) mass is 229 g/mol. The molecule has 0 aromatic heterocycles. The summed E-state index contributed by atoms with van der Waals surface area (Å²) < 4.78 is 4.96. The molecule has 0 aromatic carbocycles. The second-order valence-electron chi connectivity index (χ2n) is 4.98. The lowest BCUT2D eigenvalue weighted by atomic mass is 9.70. The molecule has 3 unspecified atom stereocenters. The Hall–Kier alpha value is -0.610. The summed E-state index contributed by atoms with van der Waals surface area (Å²) >= 11 is 0. The molecule has 3 atom stereocenters. The van der Waals surface area contributed by atoms with E-state index in [0.29, 0.717) is 25.5 Å². The highest BCUT2D eigenvalue weighted by molar-refractivity contribution is 5.79. The van der Waals surface area contributed by atoms with Crippen molar-refractivity contribution in [3.05, 3.63) is 0 Å². The molecule has 4 nitrogen and oxygen atoms in total. The van der Waals surface area contributed by atoms with Gasteiger partial charge in [0, 0.05) is 13.7 Å². The van der Waals surface area contributed by atoms with E-state index >= 15 is 0 Å². The van der Waals surface area contributed by atoms with Crippen LogP contribution in [0.5, 0.6) is 0 Å². The van der Waals surface area contributed by atoms with Crippen molar-refractivity contribution in [3.8, 4) is 0 Å². The van der Waals surface area contributed by atoms with Gasteiger partial charge in [0.1, 0.15) is 5.54 Å². The molecule has 4 heteroatoms. The first kappa shape index (κ1) is 13.5. The third-order valence-electron chi connectivity index (χ3n) is 3.76. The largest absolute Gasteiger partial charge is 0.480 e. The number of carboxylic acid groups (broad SMARTS) is 1. The molecule has 0 amide bonds. The molecule has 0 saturated heterocycles. The molecule has 0 heterocycles. The first-order chi connectivity index (χ1) is 7.53. The van der Waals surface area contributed by atoms with E-state index in [0.717, 1.165) is 12.8 Å². The van der Waals surface area contributed by atoms with Gasteiger partial charge in [-0.25, -0.2) is 0 Å². The number of nitrogens with one attached hydrogen (secondary N) is 1. The minimum atomic E-state index is -0.745. The van der Waals surface area contributed by atoms with Gasteiger partial charge in [-0.3, -0.25) is 10.1 Å². The molecular formula is C12H23NO3. The summed E-state index contributed by atoms with van der Waals surface area (Å²) in [7, 11) is 1.63. The zero-order valence-electron chi connectivity index (χ0n) is 10.5. The first-order valence-electron chi connectivity index (χ1n) is 6.00. The SMILES string of the molecule is COCCNC1(C(=O)O)CCC(C)CC1C. The molecule has 1 aliphatic carbocycles. The van der Waals surface area contributed by atoms with Crippen LogP contribution in [-0.4, -0.2) is 36.9 Å². The van der Waals surface area contributed by atoms with Crippen LogP contribution < -0.4 is 5.32 Å². The summed E-state index contributed by atoms with van der Waals surface area (Å²) in [6, 6.07) is 0. The highest BCUT2D eigenvalue weighted by Crippen LogP contribution is 2.36. The van der Waals surface area contributed by atoms with Crippen molar-refractivity contribution in [3.63, 3.8) is 0 Å². The molecule has 0 radical (unpaired) electrons. The predicted octanol–water partition coefficient (Wildman–Crippen LogP) is 1.50. The fourth-order valence-corrected chi connectivity index (χ4v) is 2.68. The zero-order chi connectivity index (χ0) is 12.2. The van der Waals surface area contributed by atoms with E-state index in [1.165, 1.54) is 0 Å². The Bertz CT molecular complexity index is 244. The summed E-state index contributed by atoms with van der Waals surface area (Å²) in [5.74, 6) is 0.0836. The van der Waals surface area contributed by atoms with Gasteiger partial charge in [0.2, 0.25) is 0 Å². The van der Waals surface area contributed by atoms with Crippen LogP contribution in [0.3, 0.4) is 0 Å². The number of aliphatic carboxylic acids is 1. The van der Waals surface area contributed by atoms with Crippen LogP contribution in [0.25, 0.3) is 0 Å². The first-order valence-corrected chi connectivity index (χ1v) is 6.00. The number of hydrogen-bond donors (Lipinski definition) is 2. The normalized spacial score (nSPS) is 34.9. The molecule has 0 aromatic rings.